The van der Waals surface area contributed by atoms with Crippen LogP contribution in [0.4, 0.5) is 0 Å². The number of rotatable bonds is 8. The molecule has 1 rings (SSSR count). The summed E-state index contributed by atoms with van der Waals surface area (Å²) in [5, 5.41) is 3.29. The van der Waals surface area contributed by atoms with E-state index in [0.29, 0.717) is 6.61 Å². The number of nitrogens with one attached hydrogen (secondary N) is 1. The van der Waals surface area contributed by atoms with Gasteiger partial charge in [0, 0.05) is 18.7 Å². The van der Waals surface area contributed by atoms with E-state index in [9.17, 15) is 0 Å². The Morgan fingerprint density at radius 1 is 1.38 bits per heavy atom. The Balaban J connectivity index is 2.36. The van der Waals surface area contributed by atoms with Crippen molar-refractivity contribution in [2.45, 2.75) is 46.8 Å². The molecule has 0 saturated heterocycles. The predicted molar refractivity (Wildman–Crippen MR) is 65.4 cm³/mol. The molecule has 0 spiro atoms. The molecular formula is C13H23NO2. The first kappa shape index (κ1) is 13.3. The Kier molecular flexibility index (Phi) is 6.19. The number of hydrogen-bond donors (Lipinski definition) is 1. The third kappa shape index (κ3) is 4.37. The van der Waals surface area contributed by atoms with Crippen molar-refractivity contribution >= 4 is 0 Å². The molecule has 0 aliphatic carbocycles. The fourth-order valence-electron chi connectivity index (χ4n) is 1.51. The van der Waals surface area contributed by atoms with Crippen LogP contribution in [0.15, 0.2) is 10.5 Å². The van der Waals surface area contributed by atoms with Gasteiger partial charge in [-0.3, -0.25) is 0 Å². The van der Waals surface area contributed by atoms with Gasteiger partial charge >= 0.3 is 0 Å². The quantitative estimate of drug-likeness (QED) is 0.691. The van der Waals surface area contributed by atoms with Gasteiger partial charge in [0.15, 0.2) is 0 Å². The minimum Gasteiger partial charge on any atom is -0.464 e. The minimum atomic E-state index is 0.590. The third-order valence-corrected chi connectivity index (χ3v) is 2.52. The van der Waals surface area contributed by atoms with Crippen molar-refractivity contribution in [1.82, 2.24) is 5.32 Å². The molecule has 92 valence electrons. The summed E-state index contributed by atoms with van der Waals surface area (Å²) in [4.78, 5) is 0. The second kappa shape index (κ2) is 7.47. The molecule has 16 heavy (non-hydrogen) atoms. The van der Waals surface area contributed by atoms with Crippen LogP contribution in [0.2, 0.25) is 0 Å². The summed E-state index contributed by atoms with van der Waals surface area (Å²) in [7, 11) is 0. The maximum absolute atomic E-state index is 5.63. The van der Waals surface area contributed by atoms with Crippen molar-refractivity contribution in [3.8, 4) is 0 Å². The lowest BCUT2D eigenvalue weighted by Crippen LogP contribution is -2.11. The molecule has 0 unspecified atom stereocenters. The first-order valence-electron chi connectivity index (χ1n) is 6.14. The Morgan fingerprint density at radius 3 is 2.88 bits per heavy atom. The molecule has 0 aliphatic rings. The average molecular weight is 225 g/mol. The van der Waals surface area contributed by atoms with E-state index >= 15 is 0 Å². The van der Waals surface area contributed by atoms with E-state index in [-0.39, 0.29) is 0 Å². The first-order chi connectivity index (χ1) is 7.77. The molecule has 0 fully saturated rings. The maximum Gasteiger partial charge on any atom is 0.130 e. The zero-order valence-corrected chi connectivity index (χ0v) is 10.6. The largest absolute Gasteiger partial charge is 0.464 e. The highest BCUT2D eigenvalue weighted by Gasteiger charge is 2.06. The van der Waals surface area contributed by atoms with Gasteiger partial charge in [-0.25, -0.2) is 0 Å². The summed E-state index contributed by atoms with van der Waals surface area (Å²) in [6.07, 6.45) is 2.28. The molecule has 0 radical (unpaired) electrons. The van der Waals surface area contributed by atoms with Crippen molar-refractivity contribution in [2.24, 2.45) is 0 Å². The fourth-order valence-corrected chi connectivity index (χ4v) is 1.51. The van der Waals surface area contributed by atoms with Crippen molar-refractivity contribution in [2.75, 3.05) is 13.2 Å². The van der Waals surface area contributed by atoms with E-state index in [1.165, 1.54) is 12.0 Å². The van der Waals surface area contributed by atoms with Crippen LogP contribution in [0.25, 0.3) is 0 Å². The van der Waals surface area contributed by atoms with Crippen molar-refractivity contribution in [3.63, 3.8) is 0 Å². The summed E-state index contributed by atoms with van der Waals surface area (Å²) in [6, 6.07) is 2.09. The standard InChI is InChI=1S/C13H23NO2/c1-4-6-7-15-10-13-8-12(9-14-5-2)11(3)16-13/h8,14H,4-7,9-10H2,1-3H3. The van der Waals surface area contributed by atoms with Gasteiger partial charge in [0.2, 0.25) is 0 Å². The molecule has 0 aromatic carbocycles. The lowest BCUT2D eigenvalue weighted by molar-refractivity contribution is 0.103. The molecule has 0 aliphatic heterocycles. The summed E-state index contributed by atoms with van der Waals surface area (Å²) >= 11 is 0. The highest BCUT2D eigenvalue weighted by Crippen LogP contribution is 2.15. The van der Waals surface area contributed by atoms with Crippen LogP contribution in [0, 0.1) is 6.92 Å². The van der Waals surface area contributed by atoms with Gasteiger partial charge in [-0.1, -0.05) is 20.3 Å². The Bertz CT molecular complexity index is 294. The number of aryl methyl sites for hydroxylation is 1. The molecule has 1 N–H and O–H groups in total. The van der Waals surface area contributed by atoms with Gasteiger partial charge in [0.05, 0.1) is 0 Å². The summed E-state index contributed by atoms with van der Waals surface area (Å²) in [5.74, 6) is 1.93. The average Bonchev–Trinajstić information content (AvgIpc) is 2.63. The molecule has 1 aromatic heterocycles. The van der Waals surface area contributed by atoms with E-state index < -0.39 is 0 Å². The van der Waals surface area contributed by atoms with Crippen LogP contribution < -0.4 is 5.32 Å². The summed E-state index contributed by atoms with van der Waals surface area (Å²) in [6.45, 7) is 9.53. The van der Waals surface area contributed by atoms with Gasteiger partial charge in [-0.05, 0) is 26.0 Å². The molecule has 3 heteroatoms. The molecule has 1 heterocycles. The van der Waals surface area contributed by atoms with Crippen LogP contribution in [0.5, 0.6) is 0 Å². The van der Waals surface area contributed by atoms with Crippen molar-refractivity contribution in [1.29, 1.82) is 0 Å². The predicted octanol–water partition coefficient (Wildman–Crippen LogP) is 3.01. The van der Waals surface area contributed by atoms with Crippen LogP contribution >= 0.6 is 0 Å². The molecule has 0 amide bonds. The number of hydrogen-bond acceptors (Lipinski definition) is 3. The molecule has 3 nitrogen and oxygen atoms in total. The van der Waals surface area contributed by atoms with E-state index in [4.69, 9.17) is 9.15 Å². The third-order valence-electron chi connectivity index (χ3n) is 2.52. The van der Waals surface area contributed by atoms with Gasteiger partial charge in [-0.15, -0.1) is 0 Å². The zero-order valence-electron chi connectivity index (χ0n) is 10.6. The summed E-state index contributed by atoms with van der Waals surface area (Å²) < 4.78 is 11.1. The van der Waals surface area contributed by atoms with Crippen LogP contribution in [-0.4, -0.2) is 13.2 Å². The first-order valence-corrected chi connectivity index (χ1v) is 6.14. The Morgan fingerprint density at radius 2 is 2.19 bits per heavy atom. The normalized spacial score (nSPS) is 10.9. The zero-order chi connectivity index (χ0) is 11.8. The van der Waals surface area contributed by atoms with E-state index in [1.54, 1.807) is 0 Å². The number of furan rings is 1. The van der Waals surface area contributed by atoms with E-state index in [0.717, 1.165) is 37.6 Å². The monoisotopic (exact) mass is 225 g/mol. The van der Waals surface area contributed by atoms with Gasteiger partial charge < -0.3 is 14.5 Å². The Hall–Kier alpha value is -0.800. The lowest BCUT2D eigenvalue weighted by atomic mass is 10.2. The molecule has 1 aromatic rings. The Labute approximate surface area is 98.2 Å². The van der Waals surface area contributed by atoms with E-state index in [1.807, 2.05) is 6.92 Å². The van der Waals surface area contributed by atoms with Crippen LogP contribution in [0.1, 0.15) is 43.8 Å². The van der Waals surface area contributed by atoms with E-state index in [2.05, 4.69) is 25.2 Å². The lowest BCUT2D eigenvalue weighted by Gasteiger charge is -1.99. The highest BCUT2D eigenvalue weighted by molar-refractivity contribution is 5.20. The van der Waals surface area contributed by atoms with Crippen molar-refractivity contribution < 1.29 is 9.15 Å². The van der Waals surface area contributed by atoms with Crippen LogP contribution in [0.3, 0.4) is 0 Å². The highest BCUT2D eigenvalue weighted by atomic mass is 16.5. The number of unbranched alkanes of at least 4 members (excludes halogenated alkanes) is 1. The van der Waals surface area contributed by atoms with Crippen molar-refractivity contribution in [3.05, 3.63) is 23.2 Å². The maximum atomic E-state index is 5.63. The minimum absolute atomic E-state index is 0.590. The second-order valence-corrected chi connectivity index (χ2v) is 3.98. The SMILES string of the molecule is CCCCOCc1cc(CNCC)c(C)o1. The van der Waals surface area contributed by atoms with Gasteiger partial charge in [0.25, 0.3) is 0 Å². The van der Waals surface area contributed by atoms with Crippen LogP contribution in [-0.2, 0) is 17.9 Å². The van der Waals surface area contributed by atoms with Gasteiger partial charge in [0.1, 0.15) is 18.1 Å². The molecule has 0 atom stereocenters. The topological polar surface area (TPSA) is 34.4 Å². The summed E-state index contributed by atoms with van der Waals surface area (Å²) in [5.41, 5.74) is 1.23. The molecular weight excluding hydrogens is 202 g/mol. The fraction of sp³-hybridized carbons (Fsp3) is 0.692. The molecule has 0 saturated carbocycles. The second-order valence-electron chi connectivity index (χ2n) is 3.98. The smallest absolute Gasteiger partial charge is 0.130 e. The molecule has 0 bridgehead atoms. The number of ether oxygens (including phenoxy) is 1. The van der Waals surface area contributed by atoms with Gasteiger partial charge in [-0.2, -0.15) is 0 Å².